The van der Waals surface area contributed by atoms with Crippen molar-refractivity contribution in [1.82, 2.24) is 0 Å². The predicted molar refractivity (Wildman–Crippen MR) is 43.6 cm³/mol. The Morgan fingerprint density at radius 2 is 1.93 bits per heavy atom. The van der Waals surface area contributed by atoms with E-state index >= 15 is 0 Å². The van der Waals surface area contributed by atoms with Gasteiger partial charge in [-0.2, -0.15) is 13.2 Å². The molecule has 0 atom stereocenters. The molecule has 3 N–H and O–H groups in total. The van der Waals surface area contributed by atoms with E-state index in [1.165, 1.54) is 12.1 Å². The minimum absolute atomic E-state index is 0. The molecule has 0 bridgehead atoms. The van der Waals surface area contributed by atoms with Gasteiger partial charge < -0.3 is 18.1 Å². The molecule has 1 aromatic rings. The molecule has 1 rings (SSSR count). The maximum Gasteiger partial charge on any atom is 1.00 e. The van der Waals surface area contributed by atoms with Crippen molar-refractivity contribution in [2.24, 2.45) is 5.73 Å². The normalized spacial score (nSPS) is 10.5. The van der Waals surface area contributed by atoms with Gasteiger partial charge in [-0.3, -0.25) is 5.41 Å². The number of alkyl halides is 3. The largest absolute Gasteiger partial charge is 1.00 e. The summed E-state index contributed by atoms with van der Waals surface area (Å²) in [6.45, 7) is 0. The number of rotatable bonds is 1. The van der Waals surface area contributed by atoms with Gasteiger partial charge in [0.05, 0.1) is 5.56 Å². The third-order valence-electron chi connectivity index (χ3n) is 1.50. The summed E-state index contributed by atoms with van der Waals surface area (Å²) in [6.07, 6.45) is -4.38. The molecule has 0 aromatic heterocycles. The van der Waals surface area contributed by atoms with Crippen molar-refractivity contribution in [3.8, 4) is 0 Å². The van der Waals surface area contributed by atoms with E-state index in [2.05, 4.69) is 0 Å². The van der Waals surface area contributed by atoms with Crippen LogP contribution < -0.4 is 18.1 Å². The van der Waals surface area contributed by atoms with Crippen LogP contribution in [-0.4, -0.2) is 5.84 Å². The average molecular weight is 225 g/mol. The highest BCUT2D eigenvalue weighted by Crippen LogP contribution is 2.29. The molecule has 78 valence electrons. The maximum absolute atomic E-state index is 12.1. The summed E-state index contributed by atoms with van der Waals surface area (Å²) in [4.78, 5) is 0. The van der Waals surface area contributed by atoms with Gasteiger partial charge in [-0.05, 0) is 12.1 Å². The van der Waals surface area contributed by atoms with Crippen LogP contribution in [0.4, 0.5) is 13.2 Å². The van der Waals surface area contributed by atoms with E-state index in [9.17, 15) is 13.2 Å². The summed E-state index contributed by atoms with van der Waals surface area (Å²) in [6, 6.07) is 4.37. The molecule has 0 aliphatic heterocycles. The van der Waals surface area contributed by atoms with Gasteiger partial charge in [0.1, 0.15) is 5.84 Å². The number of nitrogen functional groups attached to an aromatic ring is 1. The van der Waals surface area contributed by atoms with Gasteiger partial charge >= 0.3 is 7.60 Å². The number of nitrogens with two attached hydrogens (primary N) is 1. The first-order valence-electron chi connectivity index (χ1n) is 3.43. The minimum Gasteiger partial charge on any atom is -1.00 e. The van der Waals surface area contributed by atoms with Gasteiger partial charge in [0.15, 0.2) is 0 Å². The van der Waals surface area contributed by atoms with E-state index in [1.54, 1.807) is 0 Å². The van der Waals surface area contributed by atoms with Gasteiger partial charge in [0, 0.05) is 5.56 Å². The fraction of sp³-hybridized carbons (Fsp3) is 0.125. The van der Waals surface area contributed by atoms with Crippen LogP contribution in [0.2, 0.25) is 0 Å². The molecule has 14 heavy (non-hydrogen) atoms. The van der Waals surface area contributed by atoms with E-state index in [1.807, 2.05) is 0 Å². The van der Waals surface area contributed by atoms with Crippen LogP contribution in [0.5, 0.6) is 0 Å². The van der Waals surface area contributed by atoms with Crippen LogP contribution in [0.3, 0.4) is 0 Å². The van der Waals surface area contributed by atoms with Crippen molar-refractivity contribution in [3.05, 3.63) is 35.4 Å². The average Bonchev–Trinajstić information content (AvgIpc) is 2.03. The molecule has 0 saturated heterocycles. The Kier molecular flexibility index (Phi) is 3.94. The number of nitrogens with one attached hydrogen (secondary N) is 1. The van der Waals surface area contributed by atoms with Crippen LogP contribution in [0, 0.1) is 5.41 Å². The van der Waals surface area contributed by atoms with Crippen molar-refractivity contribution < 1.29 is 27.0 Å². The molecule has 0 amide bonds. The first-order valence-corrected chi connectivity index (χ1v) is 3.43. The zero-order valence-electron chi connectivity index (χ0n) is 7.90. The number of benzene rings is 1. The Morgan fingerprint density at radius 1 is 1.36 bits per heavy atom. The summed E-state index contributed by atoms with van der Waals surface area (Å²) in [5.41, 5.74) is 4.33. The Hall–Kier alpha value is -1.23. The molecule has 0 aliphatic rings. The van der Waals surface area contributed by atoms with Crippen molar-refractivity contribution in [3.63, 3.8) is 0 Å². The molecule has 0 radical (unpaired) electrons. The number of halogens is 4. The molecular formula is C8H8ClF3N2. The van der Waals surface area contributed by atoms with Gasteiger partial charge in [-0.25, -0.2) is 0 Å². The lowest BCUT2D eigenvalue weighted by molar-refractivity contribution is -0.137. The quantitative estimate of drug-likeness (QED) is 0.472. The smallest absolute Gasteiger partial charge is 1.00 e. The number of hydrogen-bond donors (Lipinski definition) is 2. The monoisotopic (exact) mass is 224 g/mol. The third kappa shape index (κ3) is 2.92. The Bertz CT molecular complexity index is 341. The molecule has 0 aliphatic carbocycles. The summed E-state index contributed by atoms with van der Waals surface area (Å²) < 4.78 is 36.4. The van der Waals surface area contributed by atoms with Crippen LogP contribution in [-0.2, 0) is 6.18 Å². The SMILES string of the molecule is N=C(N)c1cccc(C(F)(F)F)c1.[Cl-].[H+]. The second-order valence-corrected chi connectivity index (χ2v) is 2.49. The second kappa shape index (κ2) is 4.32. The zero-order chi connectivity index (χ0) is 10.1. The van der Waals surface area contributed by atoms with Crippen molar-refractivity contribution in [2.45, 2.75) is 6.18 Å². The predicted octanol–water partition coefficient (Wildman–Crippen LogP) is -0.894. The number of amidine groups is 1. The molecule has 0 unspecified atom stereocenters. The van der Waals surface area contributed by atoms with E-state index in [0.29, 0.717) is 0 Å². The number of hydrogen-bond acceptors (Lipinski definition) is 1. The molecular weight excluding hydrogens is 217 g/mol. The fourth-order valence-corrected chi connectivity index (χ4v) is 0.863. The highest BCUT2D eigenvalue weighted by atomic mass is 35.5. The summed E-state index contributed by atoms with van der Waals surface area (Å²) in [5.74, 6) is -0.369. The van der Waals surface area contributed by atoms with E-state index in [0.717, 1.165) is 12.1 Å². The molecule has 0 fully saturated rings. The summed E-state index contributed by atoms with van der Waals surface area (Å²) in [5, 5.41) is 6.95. The van der Waals surface area contributed by atoms with Gasteiger partial charge in [-0.15, -0.1) is 0 Å². The molecule has 0 saturated carbocycles. The Morgan fingerprint density at radius 3 is 2.36 bits per heavy atom. The van der Waals surface area contributed by atoms with E-state index in [4.69, 9.17) is 11.1 Å². The second-order valence-electron chi connectivity index (χ2n) is 2.49. The van der Waals surface area contributed by atoms with Crippen molar-refractivity contribution >= 4 is 5.84 Å². The highest BCUT2D eigenvalue weighted by molar-refractivity contribution is 5.95. The lowest BCUT2D eigenvalue weighted by Crippen LogP contribution is -3.00. The Balaban J connectivity index is 0. The lowest BCUT2D eigenvalue weighted by Gasteiger charge is -2.07. The van der Waals surface area contributed by atoms with Gasteiger partial charge in [-0.1, -0.05) is 12.1 Å². The summed E-state index contributed by atoms with van der Waals surface area (Å²) >= 11 is 0. The molecule has 2 nitrogen and oxygen atoms in total. The standard InChI is InChI=1S/C8H7F3N2.ClH/c9-8(10,11)6-3-1-2-5(4-6)7(12)13;/h1-4H,(H3,12,13);1H. The van der Waals surface area contributed by atoms with Crippen LogP contribution >= 0.6 is 0 Å². The molecule has 1 aromatic carbocycles. The van der Waals surface area contributed by atoms with Crippen LogP contribution in [0.1, 0.15) is 12.6 Å². The minimum atomic E-state index is -4.38. The summed E-state index contributed by atoms with van der Waals surface area (Å²) in [7, 11) is 0. The van der Waals surface area contributed by atoms with E-state index in [-0.39, 0.29) is 25.2 Å². The molecule has 6 heteroatoms. The van der Waals surface area contributed by atoms with Gasteiger partial charge in [0.25, 0.3) is 0 Å². The van der Waals surface area contributed by atoms with Crippen LogP contribution in [0.25, 0.3) is 0 Å². The van der Waals surface area contributed by atoms with Crippen LogP contribution in [0.15, 0.2) is 24.3 Å². The fourth-order valence-electron chi connectivity index (χ4n) is 0.863. The molecule has 0 spiro atoms. The first kappa shape index (κ1) is 12.8. The van der Waals surface area contributed by atoms with Crippen molar-refractivity contribution in [1.29, 1.82) is 5.41 Å². The van der Waals surface area contributed by atoms with Crippen molar-refractivity contribution in [2.75, 3.05) is 0 Å². The lowest BCUT2D eigenvalue weighted by atomic mass is 10.1. The zero-order valence-corrected chi connectivity index (χ0v) is 7.65. The Labute approximate surface area is 86.3 Å². The first-order chi connectivity index (χ1) is 5.91. The highest BCUT2D eigenvalue weighted by Gasteiger charge is 2.30. The molecule has 0 heterocycles. The topological polar surface area (TPSA) is 49.9 Å². The third-order valence-corrected chi connectivity index (χ3v) is 1.50. The maximum atomic E-state index is 12.1. The van der Waals surface area contributed by atoms with E-state index < -0.39 is 11.7 Å². The van der Waals surface area contributed by atoms with Gasteiger partial charge in [0.2, 0.25) is 0 Å².